The van der Waals surface area contributed by atoms with Gasteiger partial charge in [-0.25, -0.2) is 0 Å². The highest BCUT2D eigenvalue weighted by Gasteiger charge is 2.25. The van der Waals surface area contributed by atoms with Gasteiger partial charge in [-0.05, 0) is 50.1 Å². The normalized spacial score (nSPS) is 15.5. The number of benzene rings is 2. The standard InChI is InChI=1S/C25H28N2O5/c1-17-6-8-18(9-7-17)25(28)27(16-21-5-4-12-31-21)15-19-13-24(32-26-19)22-14-20(29-2)10-11-23(22)30-3/h6-11,13-14,21H,4-5,12,15-16H2,1-3H3. The summed E-state index contributed by atoms with van der Waals surface area (Å²) in [6, 6.07) is 14.9. The first-order valence-corrected chi connectivity index (χ1v) is 10.7. The Morgan fingerprint density at radius 2 is 1.94 bits per heavy atom. The fraction of sp³-hybridized carbons (Fsp3) is 0.360. The van der Waals surface area contributed by atoms with Crippen LogP contribution in [0.25, 0.3) is 11.3 Å². The van der Waals surface area contributed by atoms with Crippen LogP contribution in [-0.2, 0) is 11.3 Å². The van der Waals surface area contributed by atoms with Gasteiger partial charge in [0.25, 0.3) is 5.91 Å². The number of amides is 1. The maximum absolute atomic E-state index is 13.3. The molecule has 3 aromatic rings. The van der Waals surface area contributed by atoms with E-state index in [0.717, 1.165) is 30.6 Å². The summed E-state index contributed by atoms with van der Waals surface area (Å²) in [6.07, 6.45) is 2.00. The van der Waals surface area contributed by atoms with Crippen LogP contribution in [0.3, 0.4) is 0 Å². The Kier molecular flexibility index (Phi) is 6.75. The number of hydrogen-bond donors (Lipinski definition) is 0. The SMILES string of the molecule is COc1ccc(OC)c(-c2cc(CN(CC3CCCO3)C(=O)c3ccc(C)cc3)no2)c1. The predicted molar refractivity (Wildman–Crippen MR) is 120 cm³/mol. The molecule has 1 fully saturated rings. The van der Waals surface area contributed by atoms with Crippen LogP contribution in [0.5, 0.6) is 11.5 Å². The third-order valence-corrected chi connectivity index (χ3v) is 5.62. The Labute approximate surface area is 187 Å². The molecule has 1 aromatic heterocycles. The van der Waals surface area contributed by atoms with Gasteiger partial charge in [-0.2, -0.15) is 0 Å². The highest BCUT2D eigenvalue weighted by molar-refractivity contribution is 5.94. The van der Waals surface area contributed by atoms with Crippen LogP contribution in [0.4, 0.5) is 0 Å². The molecule has 0 radical (unpaired) electrons. The third-order valence-electron chi connectivity index (χ3n) is 5.62. The van der Waals surface area contributed by atoms with Gasteiger partial charge in [0, 0.05) is 24.8 Å². The predicted octanol–water partition coefficient (Wildman–Crippen LogP) is 4.49. The summed E-state index contributed by atoms with van der Waals surface area (Å²) in [5, 5.41) is 4.22. The molecule has 7 nitrogen and oxygen atoms in total. The van der Waals surface area contributed by atoms with Crippen LogP contribution in [-0.4, -0.2) is 49.4 Å². The lowest BCUT2D eigenvalue weighted by atomic mass is 10.1. The number of aromatic nitrogens is 1. The monoisotopic (exact) mass is 436 g/mol. The number of carbonyl (C=O) groups excluding carboxylic acids is 1. The molecule has 1 saturated heterocycles. The van der Waals surface area contributed by atoms with Crippen molar-refractivity contribution >= 4 is 5.91 Å². The average molecular weight is 437 g/mol. The van der Waals surface area contributed by atoms with E-state index in [0.29, 0.717) is 41.6 Å². The minimum absolute atomic E-state index is 0.0363. The zero-order valence-corrected chi connectivity index (χ0v) is 18.7. The van der Waals surface area contributed by atoms with Gasteiger partial charge in [0.05, 0.1) is 32.4 Å². The van der Waals surface area contributed by atoms with Gasteiger partial charge in [-0.1, -0.05) is 22.9 Å². The second-order valence-electron chi connectivity index (χ2n) is 7.94. The van der Waals surface area contributed by atoms with Crippen molar-refractivity contribution in [1.82, 2.24) is 10.1 Å². The molecule has 32 heavy (non-hydrogen) atoms. The van der Waals surface area contributed by atoms with Crippen LogP contribution in [0.15, 0.2) is 53.1 Å². The van der Waals surface area contributed by atoms with Gasteiger partial charge in [-0.3, -0.25) is 4.79 Å². The first-order valence-electron chi connectivity index (χ1n) is 10.7. The van der Waals surface area contributed by atoms with Crippen LogP contribution in [0, 0.1) is 6.92 Å². The Hall–Kier alpha value is -3.32. The Morgan fingerprint density at radius 1 is 1.12 bits per heavy atom. The van der Waals surface area contributed by atoms with E-state index in [1.54, 1.807) is 19.1 Å². The molecule has 0 aliphatic carbocycles. The molecule has 168 valence electrons. The first-order chi connectivity index (χ1) is 15.6. The Bertz CT molecular complexity index is 1050. The maximum Gasteiger partial charge on any atom is 0.254 e. The fourth-order valence-corrected chi connectivity index (χ4v) is 3.85. The summed E-state index contributed by atoms with van der Waals surface area (Å²) in [7, 11) is 3.21. The fourth-order valence-electron chi connectivity index (χ4n) is 3.85. The molecule has 1 amide bonds. The lowest BCUT2D eigenvalue weighted by Crippen LogP contribution is -2.37. The number of carbonyl (C=O) groups is 1. The summed E-state index contributed by atoms with van der Waals surface area (Å²) >= 11 is 0. The van der Waals surface area contributed by atoms with Crippen LogP contribution in [0.1, 0.15) is 34.5 Å². The minimum Gasteiger partial charge on any atom is -0.497 e. The highest BCUT2D eigenvalue weighted by atomic mass is 16.5. The van der Waals surface area contributed by atoms with E-state index in [9.17, 15) is 4.79 Å². The zero-order chi connectivity index (χ0) is 22.5. The minimum atomic E-state index is -0.0518. The smallest absolute Gasteiger partial charge is 0.254 e. The van der Waals surface area contributed by atoms with Crippen LogP contribution in [0.2, 0.25) is 0 Å². The van der Waals surface area contributed by atoms with Crippen molar-refractivity contribution < 1.29 is 23.5 Å². The molecule has 0 bridgehead atoms. The molecule has 2 aromatic carbocycles. The lowest BCUT2D eigenvalue weighted by molar-refractivity contribution is 0.0502. The molecule has 1 aliphatic heterocycles. The second-order valence-corrected chi connectivity index (χ2v) is 7.94. The van der Waals surface area contributed by atoms with Gasteiger partial charge in [0.2, 0.25) is 0 Å². The van der Waals surface area contributed by atoms with E-state index in [-0.39, 0.29) is 12.0 Å². The van der Waals surface area contributed by atoms with E-state index in [4.69, 9.17) is 18.7 Å². The Balaban J connectivity index is 1.58. The number of rotatable bonds is 8. The van der Waals surface area contributed by atoms with Crippen LogP contribution < -0.4 is 9.47 Å². The van der Waals surface area contributed by atoms with Gasteiger partial charge < -0.3 is 23.6 Å². The van der Waals surface area contributed by atoms with E-state index in [1.807, 2.05) is 55.5 Å². The molecule has 1 unspecified atom stereocenters. The van der Waals surface area contributed by atoms with E-state index in [1.165, 1.54) is 0 Å². The van der Waals surface area contributed by atoms with Crippen molar-refractivity contribution in [3.05, 3.63) is 65.4 Å². The summed E-state index contributed by atoms with van der Waals surface area (Å²) < 4.78 is 22.2. The molecule has 1 aliphatic rings. The maximum atomic E-state index is 13.3. The number of ether oxygens (including phenoxy) is 3. The molecule has 0 spiro atoms. The van der Waals surface area contributed by atoms with E-state index in [2.05, 4.69) is 5.16 Å². The van der Waals surface area contributed by atoms with Crippen LogP contribution >= 0.6 is 0 Å². The Morgan fingerprint density at radius 3 is 2.62 bits per heavy atom. The van der Waals surface area contributed by atoms with Gasteiger partial charge in [0.15, 0.2) is 5.76 Å². The summed E-state index contributed by atoms with van der Waals surface area (Å²) in [5.74, 6) is 1.84. The third kappa shape index (κ3) is 4.94. The largest absolute Gasteiger partial charge is 0.497 e. The lowest BCUT2D eigenvalue weighted by Gasteiger charge is -2.24. The van der Waals surface area contributed by atoms with Gasteiger partial charge in [0.1, 0.15) is 17.2 Å². The van der Waals surface area contributed by atoms with Crippen molar-refractivity contribution in [2.24, 2.45) is 0 Å². The molecule has 7 heteroatoms. The number of nitrogens with zero attached hydrogens (tertiary/aromatic N) is 2. The molecule has 0 saturated carbocycles. The zero-order valence-electron chi connectivity index (χ0n) is 18.7. The molecule has 4 rings (SSSR count). The number of methoxy groups -OCH3 is 2. The second kappa shape index (κ2) is 9.87. The first kappa shape index (κ1) is 21.9. The molecule has 1 atom stereocenters. The van der Waals surface area contributed by atoms with Gasteiger partial charge >= 0.3 is 0 Å². The molecule has 0 N–H and O–H groups in total. The van der Waals surface area contributed by atoms with Gasteiger partial charge in [-0.15, -0.1) is 0 Å². The number of hydrogen-bond acceptors (Lipinski definition) is 6. The summed E-state index contributed by atoms with van der Waals surface area (Å²) in [5.41, 5.74) is 3.15. The van der Waals surface area contributed by atoms with E-state index < -0.39 is 0 Å². The van der Waals surface area contributed by atoms with Crippen molar-refractivity contribution in [2.45, 2.75) is 32.4 Å². The molecular formula is C25H28N2O5. The topological polar surface area (TPSA) is 74.0 Å². The average Bonchev–Trinajstić information content (AvgIpc) is 3.50. The van der Waals surface area contributed by atoms with Crippen molar-refractivity contribution in [1.29, 1.82) is 0 Å². The molecular weight excluding hydrogens is 408 g/mol. The number of aryl methyl sites for hydroxylation is 1. The molecule has 2 heterocycles. The summed E-state index contributed by atoms with van der Waals surface area (Å²) in [4.78, 5) is 15.1. The van der Waals surface area contributed by atoms with Crippen molar-refractivity contribution in [3.63, 3.8) is 0 Å². The van der Waals surface area contributed by atoms with Crippen molar-refractivity contribution in [3.8, 4) is 22.8 Å². The van der Waals surface area contributed by atoms with E-state index >= 15 is 0 Å². The summed E-state index contributed by atoms with van der Waals surface area (Å²) in [6.45, 7) is 3.57. The quantitative estimate of drug-likeness (QED) is 0.518. The highest BCUT2D eigenvalue weighted by Crippen LogP contribution is 2.34. The van der Waals surface area contributed by atoms with Crippen molar-refractivity contribution in [2.75, 3.05) is 27.4 Å².